The molecule has 1 atom stereocenters. The Kier molecular flexibility index (Phi) is 6.25. The SMILES string of the molecule is COc1c(F)ccc2c1C(OC(=O)C=CC(=O)O)(c1ccc(CN(C)C)s1)C(C)(C)C2. The maximum atomic E-state index is 14.8. The van der Waals surface area contributed by atoms with Crippen LogP contribution in [0, 0.1) is 11.2 Å². The number of esters is 1. The number of fused-ring (bicyclic) bond motifs is 1. The smallest absolute Gasteiger partial charge is 0.332 e. The van der Waals surface area contributed by atoms with Crippen molar-refractivity contribution in [2.75, 3.05) is 21.2 Å². The summed E-state index contributed by atoms with van der Waals surface area (Å²) < 4.78 is 26.2. The fourth-order valence-corrected chi connectivity index (χ4v) is 5.70. The standard InChI is InChI=1S/C23H26FNO5S/c1-22(2)12-14-6-8-16(24)21(29-5)20(14)23(22,30-19(28)11-10-18(26)27)17-9-7-15(31-17)13-25(3)4/h6-11H,12-13H2,1-5H3,(H,26,27). The van der Waals surface area contributed by atoms with E-state index >= 15 is 0 Å². The number of ether oxygens (including phenoxy) is 2. The van der Waals surface area contributed by atoms with Crippen molar-refractivity contribution >= 4 is 23.3 Å². The fourth-order valence-electron chi connectivity index (χ4n) is 4.25. The minimum absolute atomic E-state index is 0.0284. The second-order valence-electron chi connectivity index (χ2n) is 8.45. The van der Waals surface area contributed by atoms with Gasteiger partial charge in [0.2, 0.25) is 0 Å². The van der Waals surface area contributed by atoms with E-state index in [9.17, 15) is 14.0 Å². The van der Waals surface area contributed by atoms with Crippen LogP contribution in [0.3, 0.4) is 0 Å². The van der Waals surface area contributed by atoms with Crippen LogP contribution in [0.25, 0.3) is 0 Å². The molecule has 0 amide bonds. The predicted octanol–water partition coefficient (Wildman–Crippen LogP) is 3.97. The first-order valence-corrected chi connectivity index (χ1v) is 10.6. The Bertz CT molecular complexity index is 1040. The van der Waals surface area contributed by atoms with Crippen molar-refractivity contribution in [3.05, 3.63) is 63.1 Å². The summed E-state index contributed by atoms with van der Waals surface area (Å²) in [6.45, 7) is 4.59. The summed E-state index contributed by atoms with van der Waals surface area (Å²) in [5.41, 5.74) is -0.704. The molecule has 0 bridgehead atoms. The number of thiophene rings is 1. The number of benzene rings is 1. The van der Waals surface area contributed by atoms with Gasteiger partial charge in [-0.05, 0) is 44.3 Å². The van der Waals surface area contributed by atoms with Gasteiger partial charge in [0.05, 0.1) is 12.0 Å². The average molecular weight is 448 g/mol. The molecule has 0 radical (unpaired) electrons. The van der Waals surface area contributed by atoms with Gasteiger partial charge in [0.1, 0.15) is 0 Å². The molecule has 1 aliphatic carbocycles. The number of carboxylic acid groups (broad SMARTS) is 1. The molecule has 1 aliphatic rings. The van der Waals surface area contributed by atoms with Crippen LogP contribution in [-0.4, -0.2) is 43.2 Å². The molecule has 6 nitrogen and oxygen atoms in total. The molecule has 0 spiro atoms. The maximum Gasteiger partial charge on any atom is 0.332 e. The van der Waals surface area contributed by atoms with E-state index in [1.807, 2.05) is 45.0 Å². The van der Waals surface area contributed by atoms with Gasteiger partial charge in [-0.3, -0.25) is 0 Å². The van der Waals surface area contributed by atoms with Crippen LogP contribution < -0.4 is 4.74 Å². The average Bonchev–Trinajstić information content (AvgIpc) is 3.21. The molecular weight excluding hydrogens is 421 g/mol. The lowest BCUT2D eigenvalue weighted by Crippen LogP contribution is -2.43. The number of carboxylic acids is 1. The first-order valence-electron chi connectivity index (χ1n) is 9.75. The Balaban J connectivity index is 2.26. The summed E-state index contributed by atoms with van der Waals surface area (Å²) in [5, 5.41) is 8.90. The zero-order valence-electron chi connectivity index (χ0n) is 18.2. The van der Waals surface area contributed by atoms with E-state index in [1.54, 1.807) is 6.07 Å². The van der Waals surface area contributed by atoms with Crippen molar-refractivity contribution in [2.45, 2.75) is 32.4 Å². The van der Waals surface area contributed by atoms with E-state index in [-0.39, 0.29) is 5.75 Å². The number of halogens is 1. The largest absolute Gasteiger partial charge is 0.493 e. The molecule has 3 rings (SSSR count). The van der Waals surface area contributed by atoms with Crippen molar-refractivity contribution in [3.63, 3.8) is 0 Å². The minimum Gasteiger partial charge on any atom is -0.493 e. The number of methoxy groups -OCH3 is 1. The molecular formula is C23H26FNO5S. The van der Waals surface area contributed by atoms with Gasteiger partial charge in [0, 0.05) is 34.6 Å². The van der Waals surface area contributed by atoms with E-state index in [0.29, 0.717) is 18.5 Å². The molecule has 0 saturated carbocycles. The second kappa shape index (κ2) is 8.43. The van der Waals surface area contributed by atoms with Crippen LogP contribution in [0.15, 0.2) is 36.4 Å². The Morgan fingerprint density at radius 3 is 2.55 bits per heavy atom. The summed E-state index contributed by atoms with van der Waals surface area (Å²) in [6.07, 6.45) is 2.13. The Hall–Kier alpha value is -2.71. The highest BCUT2D eigenvalue weighted by Gasteiger charge is 2.59. The van der Waals surface area contributed by atoms with Crippen molar-refractivity contribution in [1.82, 2.24) is 4.90 Å². The molecule has 0 fully saturated rings. The van der Waals surface area contributed by atoms with Crippen LogP contribution in [-0.2, 0) is 32.9 Å². The fraction of sp³-hybridized carbons (Fsp3) is 0.391. The van der Waals surface area contributed by atoms with E-state index in [1.165, 1.54) is 24.5 Å². The zero-order chi connectivity index (χ0) is 23.0. The van der Waals surface area contributed by atoms with Crippen LogP contribution in [0.1, 0.15) is 34.7 Å². The molecule has 8 heteroatoms. The lowest BCUT2D eigenvalue weighted by molar-refractivity contribution is -0.160. The Morgan fingerprint density at radius 2 is 1.94 bits per heavy atom. The number of rotatable bonds is 7. The van der Waals surface area contributed by atoms with Gasteiger partial charge in [-0.25, -0.2) is 14.0 Å². The van der Waals surface area contributed by atoms with E-state index in [4.69, 9.17) is 14.6 Å². The molecule has 0 saturated heterocycles. The van der Waals surface area contributed by atoms with Crippen LogP contribution >= 0.6 is 11.3 Å². The molecule has 1 heterocycles. The normalized spacial score (nSPS) is 19.6. The maximum absolute atomic E-state index is 14.8. The van der Waals surface area contributed by atoms with E-state index in [2.05, 4.69) is 0 Å². The Labute approximate surface area is 184 Å². The predicted molar refractivity (Wildman–Crippen MR) is 116 cm³/mol. The lowest BCUT2D eigenvalue weighted by atomic mass is 9.74. The molecule has 1 unspecified atom stereocenters. The molecule has 1 N–H and O–H groups in total. The topological polar surface area (TPSA) is 76.1 Å². The van der Waals surface area contributed by atoms with Gasteiger partial charge in [0.25, 0.3) is 0 Å². The lowest BCUT2D eigenvalue weighted by Gasteiger charge is -2.41. The highest BCUT2D eigenvalue weighted by atomic mass is 32.1. The first kappa shape index (κ1) is 23.0. The Morgan fingerprint density at radius 1 is 1.23 bits per heavy atom. The highest BCUT2D eigenvalue weighted by Crippen LogP contribution is 2.60. The highest BCUT2D eigenvalue weighted by molar-refractivity contribution is 7.12. The first-order chi connectivity index (χ1) is 14.5. The van der Waals surface area contributed by atoms with Crippen molar-refractivity contribution in [1.29, 1.82) is 0 Å². The molecule has 31 heavy (non-hydrogen) atoms. The number of carbonyl (C=O) groups excluding carboxylic acids is 1. The summed E-state index contributed by atoms with van der Waals surface area (Å²) in [5.74, 6) is -2.60. The molecule has 166 valence electrons. The number of aliphatic carboxylic acids is 1. The third-order valence-electron chi connectivity index (χ3n) is 5.43. The van der Waals surface area contributed by atoms with Crippen LogP contribution in [0.2, 0.25) is 0 Å². The zero-order valence-corrected chi connectivity index (χ0v) is 19.0. The summed E-state index contributed by atoms with van der Waals surface area (Å²) >= 11 is 1.48. The summed E-state index contributed by atoms with van der Waals surface area (Å²) in [4.78, 5) is 27.4. The van der Waals surface area contributed by atoms with Crippen molar-refractivity contribution < 1.29 is 28.6 Å². The molecule has 0 aliphatic heterocycles. The van der Waals surface area contributed by atoms with Gasteiger partial charge < -0.3 is 19.5 Å². The molecule has 1 aromatic carbocycles. The van der Waals surface area contributed by atoms with Gasteiger partial charge in [-0.15, -0.1) is 11.3 Å². The number of nitrogens with zero attached hydrogens (tertiary/aromatic N) is 1. The minimum atomic E-state index is -1.34. The molecule has 1 aromatic heterocycles. The van der Waals surface area contributed by atoms with Crippen molar-refractivity contribution in [3.8, 4) is 5.75 Å². The van der Waals surface area contributed by atoms with Gasteiger partial charge in [0.15, 0.2) is 17.2 Å². The van der Waals surface area contributed by atoms with Gasteiger partial charge in [-0.1, -0.05) is 19.9 Å². The third kappa shape index (κ3) is 4.09. The quantitative estimate of drug-likeness (QED) is 0.511. The number of carbonyl (C=O) groups is 2. The van der Waals surface area contributed by atoms with Crippen LogP contribution in [0.5, 0.6) is 5.75 Å². The van der Waals surface area contributed by atoms with Gasteiger partial charge >= 0.3 is 11.9 Å². The van der Waals surface area contributed by atoms with Gasteiger partial charge in [-0.2, -0.15) is 0 Å². The second-order valence-corrected chi connectivity index (χ2v) is 9.62. The molecule has 2 aromatic rings. The third-order valence-corrected chi connectivity index (χ3v) is 6.60. The van der Waals surface area contributed by atoms with E-state index in [0.717, 1.165) is 27.5 Å². The monoisotopic (exact) mass is 447 g/mol. The number of hydrogen-bond donors (Lipinski definition) is 1. The van der Waals surface area contributed by atoms with Crippen LogP contribution in [0.4, 0.5) is 4.39 Å². The summed E-state index contributed by atoms with van der Waals surface area (Å²) in [7, 11) is 5.30. The summed E-state index contributed by atoms with van der Waals surface area (Å²) in [6, 6.07) is 6.88. The van der Waals surface area contributed by atoms with E-state index < -0.39 is 28.8 Å². The number of hydrogen-bond acceptors (Lipinski definition) is 6. The van der Waals surface area contributed by atoms with Crippen molar-refractivity contribution in [2.24, 2.45) is 5.41 Å².